The topological polar surface area (TPSA) is 26.5 Å². The predicted octanol–water partition coefficient (Wildman–Crippen LogP) is 13.1. The zero-order chi connectivity index (χ0) is 30.8. The van der Waals surface area contributed by atoms with Crippen LogP contribution < -0.4 is 0 Å². The molecule has 0 aromatic heterocycles. The molecule has 0 fully saturated rings. The third-order valence-electron chi connectivity index (χ3n) is 8.39. The number of rotatable bonds is 7. The number of benzene rings is 4. The number of nitrogens with zero attached hydrogens (tertiary/aromatic N) is 2. The first-order chi connectivity index (χ1) is 20.0. The van der Waals surface area contributed by atoms with Gasteiger partial charge < -0.3 is 5.32 Å². The summed E-state index contributed by atoms with van der Waals surface area (Å²) in [5, 5.41) is 8.30. The fraction of sp³-hybridized carbons (Fsp3) is 0.378. The number of para-hydroxylation sites is 2. The van der Waals surface area contributed by atoms with Crippen LogP contribution in [0, 0.1) is 0 Å². The van der Waals surface area contributed by atoms with Gasteiger partial charge in [0.2, 0.25) is 0 Å². The molecule has 1 atom stereocenters. The minimum atomic E-state index is -0.615. The number of aliphatic imine (C=N–C) groups is 1. The molecule has 5 heteroatoms. The molecule has 5 rings (SSSR count). The maximum atomic E-state index is 5.77. The van der Waals surface area contributed by atoms with E-state index >= 15 is 0 Å². The third kappa shape index (κ3) is 6.31. The Morgan fingerprint density at radius 3 is 1.55 bits per heavy atom. The Morgan fingerprint density at radius 1 is 0.643 bits per heavy atom. The van der Waals surface area contributed by atoms with Gasteiger partial charge in [-0.2, -0.15) is 0 Å². The average Bonchev–Trinajstić information content (AvgIpc) is 3.17. The van der Waals surface area contributed by atoms with Crippen molar-refractivity contribution in [2.45, 2.75) is 91.5 Å². The van der Waals surface area contributed by atoms with Crippen LogP contribution in [0.3, 0.4) is 0 Å². The van der Waals surface area contributed by atoms with Gasteiger partial charge in [0.25, 0.3) is 0 Å². The van der Waals surface area contributed by atoms with Crippen LogP contribution in [0.15, 0.2) is 77.8 Å². The average molecular weight is 734 g/mol. The molecule has 0 aliphatic heterocycles. The standard InChI is InChI=1S/C37H43N2.2BrH.Ni/c1-22(2)27-16-12-17-28(23(3)4)34(27)38-36-31-20-10-14-26-15-11-21-32(33(26)31)37(36,9)39-35-29(24(5)6)18-13-19-30(35)25(7)8;;;/h10-25H,1-9H3;2*1H;/q-1;;;+3/p-2. The second kappa shape index (κ2) is 13.8. The van der Waals surface area contributed by atoms with Gasteiger partial charge in [0, 0.05) is 11.3 Å². The summed E-state index contributed by atoms with van der Waals surface area (Å²) in [6, 6.07) is 26.7. The summed E-state index contributed by atoms with van der Waals surface area (Å²) in [7, 11) is 1.25. The van der Waals surface area contributed by atoms with Gasteiger partial charge in [-0.3, -0.25) is 4.99 Å². The van der Waals surface area contributed by atoms with Gasteiger partial charge in [-0.1, -0.05) is 146 Å². The Bertz CT molecular complexity index is 1530. The van der Waals surface area contributed by atoms with E-state index < -0.39 is 5.54 Å². The van der Waals surface area contributed by atoms with Crippen molar-refractivity contribution >= 4 is 56.3 Å². The van der Waals surface area contributed by atoms with Crippen LogP contribution in [-0.4, -0.2) is 5.71 Å². The van der Waals surface area contributed by atoms with Crippen LogP contribution in [0.25, 0.3) is 16.1 Å². The molecule has 4 aromatic rings. The Kier molecular flexibility index (Phi) is 10.8. The van der Waals surface area contributed by atoms with Crippen molar-refractivity contribution < 1.29 is 10.9 Å². The van der Waals surface area contributed by atoms with E-state index in [4.69, 9.17) is 10.3 Å². The van der Waals surface area contributed by atoms with Crippen molar-refractivity contribution in [1.29, 1.82) is 0 Å². The maximum absolute atomic E-state index is 5.77. The molecule has 225 valence electrons. The number of hydrogen-bond donors (Lipinski definition) is 0. The van der Waals surface area contributed by atoms with Crippen molar-refractivity contribution in [1.82, 2.24) is 0 Å². The first-order valence-corrected chi connectivity index (χ1v) is 19.8. The van der Waals surface area contributed by atoms with Crippen molar-refractivity contribution in [2.24, 2.45) is 4.99 Å². The molecule has 42 heavy (non-hydrogen) atoms. The molecule has 1 aliphatic carbocycles. The second-order valence-corrected chi connectivity index (χ2v) is 17.6. The zero-order valence-electron chi connectivity index (χ0n) is 26.2. The van der Waals surface area contributed by atoms with Gasteiger partial charge in [-0.05, 0) is 56.7 Å². The van der Waals surface area contributed by atoms with Crippen LogP contribution in [0.5, 0.6) is 0 Å². The molecule has 0 spiro atoms. The number of halogens is 2. The van der Waals surface area contributed by atoms with Crippen molar-refractivity contribution in [3.63, 3.8) is 0 Å². The molecule has 4 aromatic carbocycles. The fourth-order valence-electron chi connectivity index (χ4n) is 6.23. The molecule has 0 amide bonds. The predicted molar refractivity (Wildman–Crippen MR) is 188 cm³/mol. The fourth-order valence-corrected chi connectivity index (χ4v) is 6.23. The molecule has 2 nitrogen and oxygen atoms in total. The number of hydrogen-bond acceptors (Lipinski definition) is 1. The van der Waals surface area contributed by atoms with Crippen molar-refractivity contribution in [3.05, 3.63) is 111 Å². The molecule has 0 bridgehead atoms. The van der Waals surface area contributed by atoms with Crippen LogP contribution >= 0.6 is 28.5 Å². The van der Waals surface area contributed by atoms with Crippen LogP contribution in [0.4, 0.5) is 11.4 Å². The van der Waals surface area contributed by atoms with E-state index in [1.807, 2.05) is 0 Å². The van der Waals surface area contributed by atoms with Crippen LogP contribution in [0.2, 0.25) is 0 Å². The van der Waals surface area contributed by atoms with Gasteiger partial charge in [0.15, 0.2) is 0 Å². The Morgan fingerprint density at radius 2 is 1.07 bits per heavy atom. The second-order valence-electron chi connectivity index (χ2n) is 12.6. The van der Waals surface area contributed by atoms with E-state index in [-0.39, 0.29) is 0 Å². The van der Waals surface area contributed by atoms with Crippen LogP contribution in [-0.2, 0) is 16.4 Å². The van der Waals surface area contributed by atoms with Gasteiger partial charge in [0.1, 0.15) is 0 Å². The van der Waals surface area contributed by atoms with E-state index in [1.54, 1.807) is 0 Å². The van der Waals surface area contributed by atoms with Gasteiger partial charge in [-0.15, -0.1) is 5.69 Å². The molecule has 0 saturated carbocycles. The van der Waals surface area contributed by atoms with E-state index in [2.05, 4.69) is 164 Å². The summed E-state index contributed by atoms with van der Waals surface area (Å²) in [5.41, 5.74) is 10.3. The minimum absolute atomic E-state index is 0.375. The molecule has 0 radical (unpaired) electrons. The summed E-state index contributed by atoms with van der Waals surface area (Å²) >= 11 is 6.00. The Labute approximate surface area is 273 Å². The van der Waals surface area contributed by atoms with Gasteiger partial charge >= 0.3 is 39.3 Å². The van der Waals surface area contributed by atoms with Gasteiger partial charge in [-0.25, -0.2) is 0 Å². The zero-order valence-corrected chi connectivity index (χ0v) is 30.4. The van der Waals surface area contributed by atoms with E-state index in [1.165, 1.54) is 55.1 Å². The molecular weight excluding hydrogens is 691 g/mol. The molecule has 1 aliphatic rings. The van der Waals surface area contributed by atoms with Crippen molar-refractivity contribution in [2.75, 3.05) is 0 Å². The Balaban J connectivity index is 0.00000129. The van der Waals surface area contributed by atoms with E-state index in [9.17, 15) is 0 Å². The first kappa shape index (κ1) is 33.0. The van der Waals surface area contributed by atoms with E-state index in [0.717, 1.165) is 17.1 Å². The van der Waals surface area contributed by atoms with E-state index in [0.29, 0.717) is 23.7 Å². The third-order valence-corrected chi connectivity index (χ3v) is 8.39. The molecule has 1 unspecified atom stereocenters. The monoisotopic (exact) mass is 731 g/mol. The molecule has 0 heterocycles. The summed E-state index contributed by atoms with van der Waals surface area (Å²) in [6.07, 6.45) is 0. The molecule has 0 N–H and O–H groups in total. The summed E-state index contributed by atoms with van der Waals surface area (Å²) < 4.78 is 0. The molecular formula is C37H43Br2N2Ni. The van der Waals surface area contributed by atoms with Crippen molar-refractivity contribution in [3.8, 4) is 0 Å². The summed E-state index contributed by atoms with van der Waals surface area (Å²) in [6.45, 7) is 20.4. The quantitative estimate of drug-likeness (QED) is 0.169. The summed E-state index contributed by atoms with van der Waals surface area (Å²) in [4.78, 5) is 5.66. The van der Waals surface area contributed by atoms with Gasteiger partial charge in [0.05, 0.1) is 5.69 Å². The summed E-state index contributed by atoms with van der Waals surface area (Å²) in [5.74, 6) is 1.50. The normalized spacial score (nSPS) is 17.2. The van der Waals surface area contributed by atoms with Crippen LogP contribution in [0.1, 0.15) is 119 Å². The SMILES string of the molecule is CC(C)c1cccc(C(C)C)c1N=C1c2cccc3cccc(c23)C1(C)[N-]c1c(C(C)C)cccc1C(C)C.[Br][Ni+][Br]. The first-order valence-electron chi connectivity index (χ1n) is 14.9. The Hall–Kier alpha value is -1.94. The molecule has 0 saturated heterocycles.